The van der Waals surface area contributed by atoms with E-state index in [1.54, 1.807) is 6.08 Å². The summed E-state index contributed by atoms with van der Waals surface area (Å²) in [5, 5.41) is 9.79. The highest BCUT2D eigenvalue weighted by atomic mass is 16.3. The largest absolute Gasteiger partial charge is 0.507 e. The van der Waals surface area contributed by atoms with Crippen molar-refractivity contribution in [3.8, 4) is 5.75 Å². The summed E-state index contributed by atoms with van der Waals surface area (Å²) in [6.07, 6.45) is 2.58. The lowest BCUT2D eigenvalue weighted by Crippen LogP contribution is -2.07. The number of phenolic OH excluding ortho intramolecular Hbond substituents is 1. The summed E-state index contributed by atoms with van der Waals surface area (Å²) in [6.45, 7) is 7.59. The molecule has 1 aromatic carbocycles. The van der Waals surface area contributed by atoms with Gasteiger partial charge in [0.15, 0.2) is 0 Å². The van der Waals surface area contributed by atoms with E-state index in [9.17, 15) is 5.11 Å². The minimum Gasteiger partial charge on any atom is -0.507 e. The predicted molar refractivity (Wildman–Crippen MR) is 59.3 cm³/mol. The fraction of sp³-hybridized carbons (Fsp3) is 0.333. The lowest BCUT2D eigenvalue weighted by atomic mass is 9.98. The van der Waals surface area contributed by atoms with Gasteiger partial charge in [-0.25, -0.2) is 0 Å². The molecule has 3 N–H and O–H groups in total. The molecule has 0 saturated carbocycles. The van der Waals surface area contributed by atoms with Crippen molar-refractivity contribution in [3.05, 3.63) is 41.5 Å². The first kappa shape index (κ1) is 10.8. The van der Waals surface area contributed by atoms with Gasteiger partial charge in [-0.15, -0.1) is 6.58 Å². The molecule has 0 saturated heterocycles. The van der Waals surface area contributed by atoms with E-state index in [0.29, 0.717) is 0 Å². The number of rotatable bonds is 3. The molecule has 0 amide bonds. The summed E-state index contributed by atoms with van der Waals surface area (Å²) >= 11 is 0. The van der Waals surface area contributed by atoms with Gasteiger partial charge in [-0.1, -0.05) is 25.1 Å². The fourth-order valence-corrected chi connectivity index (χ4v) is 1.47. The highest BCUT2D eigenvalue weighted by Gasteiger charge is 2.10. The summed E-state index contributed by atoms with van der Waals surface area (Å²) in [6, 6.07) is 3.63. The predicted octanol–water partition coefficient (Wildman–Crippen LogP) is 2.45. The van der Waals surface area contributed by atoms with Crippen LogP contribution in [0, 0.1) is 6.92 Å². The van der Waals surface area contributed by atoms with Crippen LogP contribution in [-0.4, -0.2) is 5.11 Å². The van der Waals surface area contributed by atoms with E-state index in [0.717, 1.165) is 17.5 Å². The molecule has 0 bridgehead atoms. The van der Waals surface area contributed by atoms with Gasteiger partial charge in [0.25, 0.3) is 0 Å². The van der Waals surface area contributed by atoms with E-state index in [-0.39, 0.29) is 11.8 Å². The van der Waals surface area contributed by atoms with E-state index in [1.165, 1.54) is 5.56 Å². The van der Waals surface area contributed by atoms with E-state index in [4.69, 9.17) is 5.73 Å². The molecule has 1 aromatic rings. The van der Waals surface area contributed by atoms with Gasteiger partial charge in [-0.3, -0.25) is 0 Å². The number of phenols is 1. The Bertz CT molecular complexity index is 344. The molecule has 0 radical (unpaired) electrons. The molecule has 0 unspecified atom stereocenters. The molecular weight excluding hydrogens is 174 g/mol. The highest BCUT2D eigenvalue weighted by molar-refractivity contribution is 5.45. The smallest absolute Gasteiger partial charge is 0.123 e. The first-order valence-electron chi connectivity index (χ1n) is 4.80. The van der Waals surface area contributed by atoms with Crippen molar-refractivity contribution < 1.29 is 5.11 Å². The molecule has 2 heteroatoms. The fourth-order valence-electron chi connectivity index (χ4n) is 1.47. The van der Waals surface area contributed by atoms with Crippen LogP contribution in [0.15, 0.2) is 24.8 Å². The first-order valence-corrected chi connectivity index (χ1v) is 4.80. The van der Waals surface area contributed by atoms with Gasteiger partial charge in [-0.05, 0) is 24.5 Å². The second kappa shape index (κ2) is 4.29. The number of hydrogen-bond acceptors (Lipinski definition) is 2. The van der Waals surface area contributed by atoms with E-state index in [1.807, 2.05) is 19.1 Å². The van der Waals surface area contributed by atoms with Crippen molar-refractivity contribution in [2.75, 3.05) is 0 Å². The molecule has 14 heavy (non-hydrogen) atoms. The molecule has 2 nitrogen and oxygen atoms in total. The van der Waals surface area contributed by atoms with E-state index in [2.05, 4.69) is 13.5 Å². The van der Waals surface area contributed by atoms with Crippen molar-refractivity contribution in [3.63, 3.8) is 0 Å². The van der Waals surface area contributed by atoms with Crippen LogP contribution in [0.3, 0.4) is 0 Å². The average molecular weight is 191 g/mol. The van der Waals surface area contributed by atoms with Gasteiger partial charge in [-0.2, -0.15) is 0 Å². The molecule has 0 fully saturated rings. The molecular formula is C12H17NO. The van der Waals surface area contributed by atoms with Crippen LogP contribution >= 0.6 is 0 Å². The van der Waals surface area contributed by atoms with Crippen LogP contribution in [0.5, 0.6) is 5.75 Å². The monoisotopic (exact) mass is 191 g/mol. The number of nitrogens with two attached hydrogens (primary N) is 1. The molecule has 76 valence electrons. The van der Waals surface area contributed by atoms with Crippen LogP contribution in [0.25, 0.3) is 0 Å². The van der Waals surface area contributed by atoms with Crippen LogP contribution in [0.2, 0.25) is 0 Å². The molecule has 1 atom stereocenters. The Hall–Kier alpha value is -1.28. The molecule has 0 aliphatic carbocycles. The van der Waals surface area contributed by atoms with Crippen molar-refractivity contribution in [1.82, 2.24) is 0 Å². The lowest BCUT2D eigenvalue weighted by Gasteiger charge is -2.13. The van der Waals surface area contributed by atoms with Crippen LogP contribution in [0.4, 0.5) is 0 Å². The van der Waals surface area contributed by atoms with Gasteiger partial charge in [0.05, 0.1) is 6.04 Å². The quantitative estimate of drug-likeness (QED) is 0.721. The van der Waals surface area contributed by atoms with Crippen LogP contribution < -0.4 is 5.73 Å². The number of aryl methyl sites for hydroxylation is 2. The third-order valence-electron chi connectivity index (χ3n) is 2.41. The van der Waals surface area contributed by atoms with Gasteiger partial charge in [0, 0.05) is 5.56 Å². The van der Waals surface area contributed by atoms with Gasteiger partial charge >= 0.3 is 0 Å². The summed E-state index contributed by atoms with van der Waals surface area (Å²) in [7, 11) is 0. The molecule has 0 aliphatic rings. The maximum absolute atomic E-state index is 9.79. The molecule has 0 aliphatic heterocycles. The van der Waals surface area contributed by atoms with Crippen molar-refractivity contribution in [2.45, 2.75) is 26.3 Å². The standard InChI is InChI=1S/C12H17NO/c1-4-9-6-8(3)12(14)10(7-9)11(13)5-2/h5-7,11,14H,2,4,13H2,1,3H3/t11-/m0/s1. The zero-order chi connectivity index (χ0) is 10.7. The Morgan fingerprint density at radius 1 is 1.57 bits per heavy atom. The van der Waals surface area contributed by atoms with Crippen molar-refractivity contribution in [2.24, 2.45) is 5.73 Å². The second-order valence-corrected chi connectivity index (χ2v) is 3.47. The third-order valence-corrected chi connectivity index (χ3v) is 2.41. The molecule has 0 aromatic heterocycles. The number of aromatic hydroxyl groups is 1. The zero-order valence-corrected chi connectivity index (χ0v) is 8.75. The Morgan fingerprint density at radius 3 is 2.71 bits per heavy atom. The van der Waals surface area contributed by atoms with Crippen molar-refractivity contribution >= 4 is 0 Å². The minimum absolute atomic E-state index is 0.287. The van der Waals surface area contributed by atoms with Gasteiger partial charge in [0.2, 0.25) is 0 Å². The van der Waals surface area contributed by atoms with E-state index >= 15 is 0 Å². The summed E-state index contributed by atoms with van der Waals surface area (Å²) in [5.41, 5.74) is 8.63. The Kier molecular flexibility index (Phi) is 3.31. The lowest BCUT2D eigenvalue weighted by molar-refractivity contribution is 0.461. The average Bonchev–Trinajstić information content (AvgIpc) is 2.20. The first-order chi connectivity index (χ1) is 6.60. The molecule has 1 rings (SSSR count). The van der Waals surface area contributed by atoms with Crippen molar-refractivity contribution in [1.29, 1.82) is 0 Å². The normalized spacial score (nSPS) is 12.5. The number of hydrogen-bond donors (Lipinski definition) is 2. The Balaban J connectivity index is 3.26. The second-order valence-electron chi connectivity index (χ2n) is 3.47. The summed E-state index contributed by atoms with van der Waals surface area (Å²) < 4.78 is 0. The van der Waals surface area contributed by atoms with Crippen LogP contribution in [-0.2, 0) is 6.42 Å². The number of benzene rings is 1. The minimum atomic E-state index is -0.291. The summed E-state index contributed by atoms with van der Waals surface area (Å²) in [5.74, 6) is 0.287. The molecule has 0 spiro atoms. The van der Waals surface area contributed by atoms with Crippen LogP contribution in [0.1, 0.15) is 29.7 Å². The maximum Gasteiger partial charge on any atom is 0.123 e. The Morgan fingerprint density at radius 2 is 2.21 bits per heavy atom. The van der Waals surface area contributed by atoms with Gasteiger partial charge < -0.3 is 10.8 Å². The highest BCUT2D eigenvalue weighted by Crippen LogP contribution is 2.28. The maximum atomic E-state index is 9.79. The summed E-state index contributed by atoms with van der Waals surface area (Å²) in [4.78, 5) is 0. The SMILES string of the molecule is C=C[C@H](N)c1cc(CC)cc(C)c1O. The zero-order valence-electron chi connectivity index (χ0n) is 8.75. The van der Waals surface area contributed by atoms with E-state index < -0.39 is 0 Å². The molecule has 0 heterocycles. The van der Waals surface area contributed by atoms with Gasteiger partial charge in [0.1, 0.15) is 5.75 Å². The third kappa shape index (κ3) is 1.96. The topological polar surface area (TPSA) is 46.2 Å². The Labute approximate surface area is 85.1 Å².